The summed E-state index contributed by atoms with van der Waals surface area (Å²) in [5.74, 6) is 1.62. The van der Waals surface area contributed by atoms with Gasteiger partial charge in [-0.05, 0) is 38.1 Å². The Labute approximate surface area is 112 Å². The molecule has 0 radical (unpaired) electrons. The second-order valence-electron chi connectivity index (χ2n) is 4.52. The van der Waals surface area contributed by atoms with Gasteiger partial charge in [0.2, 0.25) is 0 Å². The normalized spacial score (nSPS) is 10.8. The van der Waals surface area contributed by atoms with E-state index in [0.717, 1.165) is 30.2 Å². The standard InChI is InChI=1S/C14H19N3O2/c1-3-8-15-9-12-5-6-13(19-12)10-17-14(18)7-4-11(2)16-17/h4-7,15H,3,8-10H2,1-2H3. The number of furan rings is 1. The number of nitrogens with one attached hydrogen (secondary N) is 1. The highest BCUT2D eigenvalue weighted by atomic mass is 16.3. The molecule has 2 aromatic heterocycles. The van der Waals surface area contributed by atoms with Crippen molar-refractivity contribution in [2.75, 3.05) is 6.54 Å². The van der Waals surface area contributed by atoms with Gasteiger partial charge in [0, 0.05) is 6.07 Å². The molecule has 5 heteroatoms. The predicted octanol–water partition coefficient (Wildman–Crippen LogP) is 1.69. The van der Waals surface area contributed by atoms with Crippen LogP contribution in [0.3, 0.4) is 0 Å². The van der Waals surface area contributed by atoms with Crippen LogP contribution in [-0.4, -0.2) is 16.3 Å². The fourth-order valence-electron chi connectivity index (χ4n) is 1.80. The minimum atomic E-state index is -0.118. The van der Waals surface area contributed by atoms with E-state index in [0.29, 0.717) is 13.1 Å². The van der Waals surface area contributed by atoms with Gasteiger partial charge in [-0.25, -0.2) is 4.68 Å². The van der Waals surface area contributed by atoms with Crippen LogP contribution < -0.4 is 10.9 Å². The van der Waals surface area contributed by atoms with Gasteiger partial charge in [-0.2, -0.15) is 5.10 Å². The van der Waals surface area contributed by atoms with E-state index < -0.39 is 0 Å². The molecule has 102 valence electrons. The van der Waals surface area contributed by atoms with Crippen LogP contribution >= 0.6 is 0 Å². The largest absolute Gasteiger partial charge is 0.463 e. The molecule has 2 aromatic rings. The maximum Gasteiger partial charge on any atom is 0.267 e. The third-order valence-electron chi connectivity index (χ3n) is 2.75. The Bertz CT molecular complexity index is 586. The van der Waals surface area contributed by atoms with E-state index in [1.165, 1.54) is 10.7 Å². The Morgan fingerprint density at radius 3 is 2.84 bits per heavy atom. The van der Waals surface area contributed by atoms with Crippen molar-refractivity contribution in [1.29, 1.82) is 0 Å². The first-order chi connectivity index (χ1) is 9.19. The summed E-state index contributed by atoms with van der Waals surface area (Å²) >= 11 is 0. The van der Waals surface area contributed by atoms with Crippen LogP contribution in [0.25, 0.3) is 0 Å². The van der Waals surface area contributed by atoms with Crippen LogP contribution in [0.2, 0.25) is 0 Å². The van der Waals surface area contributed by atoms with Gasteiger partial charge < -0.3 is 9.73 Å². The molecule has 0 spiro atoms. The lowest BCUT2D eigenvalue weighted by molar-refractivity contribution is 0.425. The quantitative estimate of drug-likeness (QED) is 0.804. The average Bonchev–Trinajstić information content (AvgIpc) is 2.82. The molecule has 1 N–H and O–H groups in total. The molecule has 0 aliphatic carbocycles. The van der Waals surface area contributed by atoms with Crippen LogP contribution in [0.1, 0.15) is 30.6 Å². The first-order valence-electron chi connectivity index (χ1n) is 6.52. The first-order valence-corrected chi connectivity index (χ1v) is 6.52. The van der Waals surface area contributed by atoms with Crippen LogP contribution in [0.15, 0.2) is 33.5 Å². The number of hydrogen-bond donors (Lipinski definition) is 1. The van der Waals surface area contributed by atoms with Crippen molar-refractivity contribution in [3.63, 3.8) is 0 Å². The minimum absolute atomic E-state index is 0.118. The zero-order valence-corrected chi connectivity index (χ0v) is 11.3. The van der Waals surface area contributed by atoms with Crippen LogP contribution in [0, 0.1) is 6.92 Å². The van der Waals surface area contributed by atoms with Gasteiger partial charge >= 0.3 is 0 Å². The molecule has 0 unspecified atom stereocenters. The van der Waals surface area contributed by atoms with Gasteiger partial charge in [0.1, 0.15) is 18.1 Å². The molecule has 2 heterocycles. The average molecular weight is 261 g/mol. The predicted molar refractivity (Wildman–Crippen MR) is 73.0 cm³/mol. The molecule has 0 fully saturated rings. The zero-order valence-electron chi connectivity index (χ0n) is 11.3. The van der Waals surface area contributed by atoms with Gasteiger partial charge in [-0.3, -0.25) is 4.79 Å². The highest BCUT2D eigenvalue weighted by Gasteiger charge is 2.05. The van der Waals surface area contributed by atoms with Crippen molar-refractivity contribution in [3.8, 4) is 0 Å². The van der Waals surface area contributed by atoms with Gasteiger partial charge in [-0.15, -0.1) is 0 Å². The fraction of sp³-hybridized carbons (Fsp3) is 0.429. The molecule has 0 aliphatic rings. The van der Waals surface area contributed by atoms with Crippen molar-refractivity contribution in [2.24, 2.45) is 0 Å². The molecule has 0 saturated carbocycles. The summed E-state index contributed by atoms with van der Waals surface area (Å²) < 4.78 is 7.08. The van der Waals surface area contributed by atoms with E-state index in [-0.39, 0.29) is 5.56 Å². The number of rotatable bonds is 6. The molecule has 5 nitrogen and oxygen atoms in total. The Morgan fingerprint density at radius 1 is 1.26 bits per heavy atom. The summed E-state index contributed by atoms with van der Waals surface area (Å²) in [5, 5.41) is 7.45. The van der Waals surface area contributed by atoms with Gasteiger partial charge in [0.05, 0.1) is 12.2 Å². The Balaban J connectivity index is 2.03. The van der Waals surface area contributed by atoms with Crippen LogP contribution in [0.5, 0.6) is 0 Å². The second-order valence-corrected chi connectivity index (χ2v) is 4.52. The van der Waals surface area contributed by atoms with Gasteiger partial charge in [0.15, 0.2) is 0 Å². The smallest absolute Gasteiger partial charge is 0.267 e. The summed E-state index contributed by atoms with van der Waals surface area (Å²) in [6, 6.07) is 7.05. The molecule has 0 aromatic carbocycles. The number of aryl methyl sites for hydroxylation is 1. The van der Waals surface area contributed by atoms with Crippen molar-refractivity contribution in [2.45, 2.75) is 33.4 Å². The molecule has 0 bridgehead atoms. The highest BCUT2D eigenvalue weighted by molar-refractivity contribution is 5.08. The number of hydrogen-bond acceptors (Lipinski definition) is 4. The Hall–Kier alpha value is -1.88. The lowest BCUT2D eigenvalue weighted by Gasteiger charge is -2.03. The van der Waals surface area contributed by atoms with E-state index >= 15 is 0 Å². The topological polar surface area (TPSA) is 60.1 Å². The number of nitrogens with zero attached hydrogens (tertiary/aromatic N) is 2. The number of aromatic nitrogens is 2. The summed E-state index contributed by atoms with van der Waals surface area (Å²) in [6.07, 6.45) is 1.09. The van der Waals surface area contributed by atoms with E-state index in [9.17, 15) is 4.79 Å². The molecule has 0 aliphatic heterocycles. The fourth-order valence-corrected chi connectivity index (χ4v) is 1.80. The molecule has 19 heavy (non-hydrogen) atoms. The third kappa shape index (κ3) is 3.79. The molecule has 2 rings (SSSR count). The monoisotopic (exact) mass is 261 g/mol. The lowest BCUT2D eigenvalue weighted by atomic mass is 10.4. The first kappa shape index (κ1) is 13.5. The van der Waals surface area contributed by atoms with Crippen molar-refractivity contribution in [3.05, 3.63) is 51.8 Å². The SMILES string of the molecule is CCCNCc1ccc(Cn2nc(C)ccc2=O)o1. The van der Waals surface area contributed by atoms with Crippen molar-refractivity contribution >= 4 is 0 Å². The molecule has 0 amide bonds. The Kier molecular flexibility index (Phi) is 4.52. The third-order valence-corrected chi connectivity index (χ3v) is 2.75. The molecule has 0 saturated heterocycles. The van der Waals surface area contributed by atoms with Crippen molar-refractivity contribution < 1.29 is 4.42 Å². The van der Waals surface area contributed by atoms with E-state index in [1.54, 1.807) is 6.07 Å². The molecule has 0 atom stereocenters. The minimum Gasteiger partial charge on any atom is -0.463 e. The lowest BCUT2D eigenvalue weighted by Crippen LogP contribution is -2.22. The maximum atomic E-state index is 11.6. The van der Waals surface area contributed by atoms with E-state index in [2.05, 4.69) is 17.3 Å². The summed E-state index contributed by atoms with van der Waals surface area (Å²) in [6.45, 7) is 6.03. The second kappa shape index (κ2) is 6.33. The highest BCUT2D eigenvalue weighted by Crippen LogP contribution is 2.08. The van der Waals surface area contributed by atoms with Crippen LogP contribution in [0.4, 0.5) is 0 Å². The van der Waals surface area contributed by atoms with Gasteiger partial charge in [-0.1, -0.05) is 6.92 Å². The molecular formula is C14H19N3O2. The van der Waals surface area contributed by atoms with Gasteiger partial charge in [0.25, 0.3) is 5.56 Å². The summed E-state index contributed by atoms with van der Waals surface area (Å²) in [4.78, 5) is 11.6. The van der Waals surface area contributed by atoms with Crippen LogP contribution in [-0.2, 0) is 13.1 Å². The maximum absolute atomic E-state index is 11.6. The summed E-state index contributed by atoms with van der Waals surface area (Å²) in [5.41, 5.74) is 0.698. The van der Waals surface area contributed by atoms with E-state index in [4.69, 9.17) is 4.42 Å². The molecular weight excluding hydrogens is 242 g/mol. The van der Waals surface area contributed by atoms with E-state index in [1.807, 2.05) is 19.1 Å². The Morgan fingerprint density at radius 2 is 2.05 bits per heavy atom. The summed E-state index contributed by atoms with van der Waals surface area (Å²) in [7, 11) is 0. The zero-order chi connectivity index (χ0) is 13.7. The van der Waals surface area contributed by atoms with Crippen molar-refractivity contribution in [1.82, 2.24) is 15.1 Å².